The maximum absolute atomic E-state index is 12.7. The standard InChI is InChI=1S/C17H18N2O3S2/c18-17(20)16-4-2-1-3-15(16)13-5-7-14(8-6-13)24(21,22)19-9-11-23-12-10-19/h1-8H,9-12H2,(H2,18,20). The molecule has 2 N–H and O–H groups in total. The van der Waals surface area contributed by atoms with Crippen LogP contribution in [0.25, 0.3) is 11.1 Å². The van der Waals surface area contributed by atoms with Gasteiger partial charge in [0.1, 0.15) is 0 Å². The molecule has 1 aliphatic rings. The lowest BCUT2D eigenvalue weighted by molar-refractivity contribution is 0.100. The van der Waals surface area contributed by atoms with Crippen molar-refractivity contribution in [1.29, 1.82) is 0 Å². The van der Waals surface area contributed by atoms with Crippen LogP contribution in [0.1, 0.15) is 10.4 Å². The van der Waals surface area contributed by atoms with Crippen molar-refractivity contribution in [3.05, 3.63) is 54.1 Å². The third-order valence-electron chi connectivity index (χ3n) is 3.97. The van der Waals surface area contributed by atoms with Gasteiger partial charge in [0.2, 0.25) is 15.9 Å². The van der Waals surface area contributed by atoms with Gasteiger partial charge < -0.3 is 5.73 Å². The molecule has 5 nitrogen and oxygen atoms in total. The van der Waals surface area contributed by atoms with Gasteiger partial charge in [-0.2, -0.15) is 16.1 Å². The van der Waals surface area contributed by atoms with E-state index >= 15 is 0 Å². The Labute approximate surface area is 145 Å². The highest BCUT2D eigenvalue weighted by molar-refractivity contribution is 7.99. The summed E-state index contributed by atoms with van der Waals surface area (Å²) in [5.41, 5.74) is 7.28. The van der Waals surface area contributed by atoms with E-state index in [4.69, 9.17) is 5.73 Å². The van der Waals surface area contributed by atoms with Crippen molar-refractivity contribution < 1.29 is 13.2 Å². The van der Waals surface area contributed by atoms with Crippen LogP contribution in [0.2, 0.25) is 0 Å². The summed E-state index contributed by atoms with van der Waals surface area (Å²) in [7, 11) is -3.46. The van der Waals surface area contributed by atoms with Crippen LogP contribution in [0.5, 0.6) is 0 Å². The SMILES string of the molecule is NC(=O)c1ccccc1-c1ccc(S(=O)(=O)N2CCSCC2)cc1. The molecule has 1 saturated heterocycles. The summed E-state index contributed by atoms with van der Waals surface area (Å²) in [5, 5.41) is 0. The molecule has 0 spiro atoms. The number of carbonyl (C=O) groups excluding carboxylic acids is 1. The smallest absolute Gasteiger partial charge is 0.249 e. The first-order valence-corrected chi connectivity index (χ1v) is 10.2. The number of sulfonamides is 1. The van der Waals surface area contributed by atoms with Gasteiger partial charge in [-0.3, -0.25) is 4.79 Å². The quantitative estimate of drug-likeness (QED) is 0.904. The fourth-order valence-electron chi connectivity index (χ4n) is 2.69. The molecule has 24 heavy (non-hydrogen) atoms. The zero-order valence-electron chi connectivity index (χ0n) is 13.0. The highest BCUT2D eigenvalue weighted by Crippen LogP contribution is 2.26. The average molecular weight is 362 g/mol. The summed E-state index contributed by atoms with van der Waals surface area (Å²) in [6.07, 6.45) is 0. The highest BCUT2D eigenvalue weighted by atomic mass is 32.2. The van der Waals surface area contributed by atoms with Crippen LogP contribution >= 0.6 is 11.8 Å². The average Bonchev–Trinajstić information content (AvgIpc) is 2.62. The third-order valence-corrected chi connectivity index (χ3v) is 6.82. The Morgan fingerprint density at radius 3 is 2.25 bits per heavy atom. The minimum absolute atomic E-state index is 0.273. The molecule has 0 atom stereocenters. The third kappa shape index (κ3) is 3.33. The van der Waals surface area contributed by atoms with Crippen LogP contribution < -0.4 is 5.73 Å². The summed E-state index contributed by atoms with van der Waals surface area (Å²) in [6.45, 7) is 1.08. The van der Waals surface area contributed by atoms with E-state index < -0.39 is 15.9 Å². The van der Waals surface area contributed by atoms with Crippen LogP contribution in [0, 0.1) is 0 Å². The predicted octanol–water partition coefficient (Wildman–Crippen LogP) is 2.19. The van der Waals surface area contributed by atoms with Crippen LogP contribution in [0.3, 0.4) is 0 Å². The zero-order chi connectivity index (χ0) is 17.2. The molecule has 0 radical (unpaired) electrons. The number of hydrogen-bond acceptors (Lipinski definition) is 4. The van der Waals surface area contributed by atoms with Crippen molar-refractivity contribution in [1.82, 2.24) is 4.31 Å². The van der Waals surface area contributed by atoms with E-state index in [1.54, 1.807) is 54.2 Å². The Kier molecular flexibility index (Phi) is 4.93. The Hall–Kier alpha value is -1.83. The normalized spacial score (nSPS) is 16.0. The molecule has 0 bridgehead atoms. The molecule has 1 amide bonds. The van der Waals surface area contributed by atoms with Crippen LogP contribution in [-0.4, -0.2) is 43.2 Å². The van der Waals surface area contributed by atoms with E-state index in [1.165, 1.54) is 4.31 Å². The van der Waals surface area contributed by atoms with Crippen molar-refractivity contribution in [2.75, 3.05) is 24.6 Å². The molecule has 1 fully saturated rings. The van der Waals surface area contributed by atoms with Crippen molar-refractivity contribution in [3.63, 3.8) is 0 Å². The molecule has 0 aliphatic carbocycles. The lowest BCUT2D eigenvalue weighted by Crippen LogP contribution is -2.37. The van der Waals surface area contributed by atoms with Crippen LogP contribution in [0.15, 0.2) is 53.4 Å². The number of primary amides is 1. The van der Waals surface area contributed by atoms with E-state index in [9.17, 15) is 13.2 Å². The van der Waals surface area contributed by atoms with Gasteiger partial charge >= 0.3 is 0 Å². The monoisotopic (exact) mass is 362 g/mol. The van der Waals surface area contributed by atoms with Gasteiger partial charge in [0.25, 0.3) is 0 Å². The van der Waals surface area contributed by atoms with Crippen molar-refractivity contribution in [2.45, 2.75) is 4.90 Å². The predicted molar refractivity (Wildman–Crippen MR) is 96.5 cm³/mol. The first kappa shape index (κ1) is 17.0. The van der Waals surface area contributed by atoms with Gasteiger partial charge in [0, 0.05) is 30.2 Å². The molecule has 0 aromatic heterocycles. The largest absolute Gasteiger partial charge is 0.366 e. The van der Waals surface area contributed by atoms with Gasteiger partial charge in [-0.25, -0.2) is 8.42 Å². The minimum atomic E-state index is -3.46. The lowest BCUT2D eigenvalue weighted by Gasteiger charge is -2.25. The van der Waals surface area contributed by atoms with Gasteiger partial charge in [-0.1, -0.05) is 30.3 Å². The molecule has 0 saturated carbocycles. The maximum atomic E-state index is 12.7. The van der Waals surface area contributed by atoms with E-state index in [-0.39, 0.29) is 4.90 Å². The maximum Gasteiger partial charge on any atom is 0.249 e. The van der Waals surface area contributed by atoms with Crippen molar-refractivity contribution in [2.24, 2.45) is 5.73 Å². The Balaban J connectivity index is 1.93. The first-order valence-electron chi connectivity index (χ1n) is 7.57. The van der Waals surface area contributed by atoms with Gasteiger partial charge in [-0.15, -0.1) is 0 Å². The van der Waals surface area contributed by atoms with Crippen molar-refractivity contribution in [3.8, 4) is 11.1 Å². The van der Waals surface area contributed by atoms with Gasteiger partial charge in [0.15, 0.2) is 0 Å². The second-order valence-corrected chi connectivity index (χ2v) is 8.61. The van der Waals surface area contributed by atoms with Crippen molar-refractivity contribution >= 4 is 27.7 Å². The topological polar surface area (TPSA) is 80.5 Å². The van der Waals surface area contributed by atoms with Crippen LogP contribution in [-0.2, 0) is 10.0 Å². The number of hydrogen-bond donors (Lipinski definition) is 1. The molecule has 1 aliphatic heterocycles. The lowest BCUT2D eigenvalue weighted by atomic mass is 9.99. The fraction of sp³-hybridized carbons (Fsp3) is 0.235. The Bertz CT molecular complexity index is 842. The Morgan fingerprint density at radius 1 is 1.00 bits per heavy atom. The highest BCUT2D eigenvalue weighted by Gasteiger charge is 2.26. The van der Waals surface area contributed by atoms with E-state index in [1.807, 2.05) is 6.07 Å². The van der Waals surface area contributed by atoms with E-state index in [0.29, 0.717) is 24.2 Å². The zero-order valence-corrected chi connectivity index (χ0v) is 14.6. The van der Waals surface area contributed by atoms with Crippen LogP contribution in [0.4, 0.5) is 0 Å². The number of nitrogens with zero attached hydrogens (tertiary/aromatic N) is 1. The number of rotatable bonds is 4. The number of carbonyl (C=O) groups is 1. The number of thioether (sulfide) groups is 1. The second kappa shape index (κ2) is 6.96. The molecular formula is C17H18N2O3S2. The number of amides is 1. The second-order valence-electron chi connectivity index (χ2n) is 5.45. The molecule has 1 heterocycles. The molecule has 0 unspecified atom stereocenters. The summed E-state index contributed by atoms with van der Waals surface area (Å²) < 4.78 is 26.8. The van der Waals surface area contributed by atoms with E-state index in [0.717, 1.165) is 17.1 Å². The first-order chi connectivity index (χ1) is 11.5. The number of benzene rings is 2. The Morgan fingerprint density at radius 2 is 1.62 bits per heavy atom. The summed E-state index contributed by atoms with van der Waals surface area (Å²) in [4.78, 5) is 11.8. The molecule has 2 aromatic carbocycles. The molecule has 7 heteroatoms. The van der Waals surface area contributed by atoms with Gasteiger partial charge in [0.05, 0.1) is 4.90 Å². The summed E-state index contributed by atoms with van der Waals surface area (Å²) >= 11 is 1.76. The van der Waals surface area contributed by atoms with E-state index in [2.05, 4.69) is 0 Å². The van der Waals surface area contributed by atoms with Gasteiger partial charge in [-0.05, 0) is 29.3 Å². The molecule has 3 rings (SSSR count). The molecule has 126 valence electrons. The summed E-state index contributed by atoms with van der Waals surface area (Å²) in [6, 6.07) is 13.6. The summed E-state index contributed by atoms with van der Waals surface area (Å²) in [5.74, 6) is 1.14. The fourth-order valence-corrected chi connectivity index (χ4v) is 5.27. The molecule has 2 aromatic rings. The minimum Gasteiger partial charge on any atom is -0.366 e. The molecular weight excluding hydrogens is 344 g/mol. The number of nitrogens with two attached hydrogens (primary N) is 1.